The Morgan fingerprint density at radius 3 is 3.00 bits per heavy atom. The molecule has 0 aliphatic carbocycles. The van der Waals surface area contributed by atoms with Gasteiger partial charge in [0, 0.05) is 6.54 Å². The zero-order valence-corrected chi connectivity index (χ0v) is 7.19. The molecule has 2 N–H and O–H groups in total. The molecular weight excluding hydrogens is 172 g/mol. The Hall–Kier alpha value is -1.10. The smallest absolute Gasteiger partial charge is 0.248 e. The van der Waals surface area contributed by atoms with Crippen LogP contribution in [0.4, 0.5) is 0 Å². The van der Waals surface area contributed by atoms with Gasteiger partial charge in [-0.05, 0) is 12.8 Å². The SMILES string of the molecule is O=C1N[C@H](CO)C(=O)N2CCC[C@H]12. The number of nitrogens with zero attached hydrogens (tertiary/aromatic N) is 1. The molecule has 2 fully saturated rings. The molecule has 0 unspecified atom stereocenters. The van der Waals surface area contributed by atoms with Gasteiger partial charge in [-0.25, -0.2) is 0 Å². The molecule has 0 saturated carbocycles. The molecule has 2 aliphatic rings. The Bertz CT molecular complexity index is 254. The first-order valence-electron chi connectivity index (χ1n) is 4.46. The van der Waals surface area contributed by atoms with E-state index in [4.69, 9.17) is 5.11 Å². The number of amides is 2. The molecule has 0 radical (unpaired) electrons. The van der Waals surface area contributed by atoms with Gasteiger partial charge in [0.1, 0.15) is 12.1 Å². The minimum atomic E-state index is -0.721. The lowest BCUT2D eigenvalue weighted by Gasteiger charge is -2.33. The molecule has 0 aromatic heterocycles. The predicted octanol–water partition coefficient (Wildman–Crippen LogP) is -1.53. The van der Waals surface area contributed by atoms with Crippen molar-refractivity contribution in [1.82, 2.24) is 10.2 Å². The zero-order valence-electron chi connectivity index (χ0n) is 7.19. The maximum Gasteiger partial charge on any atom is 0.248 e. The molecule has 2 amide bonds. The van der Waals surface area contributed by atoms with Crippen molar-refractivity contribution in [2.24, 2.45) is 0 Å². The average Bonchev–Trinajstić information content (AvgIpc) is 2.60. The number of nitrogens with one attached hydrogen (secondary N) is 1. The van der Waals surface area contributed by atoms with E-state index in [-0.39, 0.29) is 24.5 Å². The van der Waals surface area contributed by atoms with E-state index in [0.717, 1.165) is 12.8 Å². The highest BCUT2D eigenvalue weighted by molar-refractivity contribution is 5.97. The third-order valence-corrected chi connectivity index (χ3v) is 2.64. The van der Waals surface area contributed by atoms with Crippen molar-refractivity contribution >= 4 is 11.8 Å². The van der Waals surface area contributed by atoms with Crippen LogP contribution in [0.15, 0.2) is 0 Å². The number of carbonyl (C=O) groups is 2. The summed E-state index contributed by atoms with van der Waals surface area (Å²) in [6.07, 6.45) is 1.62. The molecule has 0 spiro atoms. The highest BCUT2D eigenvalue weighted by Gasteiger charge is 2.42. The first-order valence-corrected chi connectivity index (χ1v) is 4.46. The Morgan fingerprint density at radius 2 is 2.31 bits per heavy atom. The number of aliphatic hydroxyl groups is 1. The van der Waals surface area contributed by atoms with Crippen molar-refractivity contribution in [2.75, 3.05) is 13.2 Å². The molecule has 72 valence electrons. The van der Waals surface area contributed by atoms with Crippen LogP contribution in [0.25, 0.3) is 0 Å². The molecule has 2 atom stereocenters. The molecule has 2 heterocycles. The molecule has 13 heavy (non-hydrogen) atoms. The van der Waals surface area contributed by atoms with E-state index < -0.39 is 6.04 Å². The molecule has 5 nitrogen and oxygen atoms in total. The Kier molecular flexibility index (Phi) is 1.95. The fourth-order valence-electron chi connectivity index (χ4n) is 1.96. The standard InChI is InChI=1S/C8H12N2O3/c11-4-5-8(13)10-3-1-2-6(10)7(12)9-5/h5-6,11H,1-4H2,(H,9,12)/t5-,6-/m1/s1. The van der Waals surface area contributed by atoms with Gasteiger partial charge in [0.2, 0.25) is 11.8 Å². The number of rotatable bonds is 1. The highest BCUT2D eigenvalue weighted by Crippen LogP contribution is 2.21. The van der Waals surface area contributed by atoms with Gasteiger partial charge in [-0.2, -0.15) is 0 Å². The summed E-state index contributed by atoms with van der Waals surface area (Å²) in [5.74, 6) is -0.277. The monoisotopic (exact) mass is 184 g/mol. The second-order valence-corrected chi connectivity index (χ2v) is 3.43. The van der Waals surface area contributed by atoms with Crippen LogP contribution >= 0.6 is 0 Å². The van der Waals surface area contributed by atoms with Gasteiger partial charge in [-0.1, -0.05) is 0 Å². The van der Waals surface area contributed by atoms with Gasteiger partial charge in [-0.15, -0.1) is 0 Å². The molecule has 0 bridgehead atoms. The van der Waals surface area contributed by atoms with E-state index in [1.807, 2.05) is 0 Å². The normalized spacial score (nSPS) is 33.2. The van der Waals surface area contributed by atoms with Gasteiger partial charge < -0.3 is 15.3 Å². The first-order chi connectivity index (χ1) is 6.24. The number of hydrogen-bond donors (Lipinski definition) is 2. The lowest BCUT2D eigenvalue weighted by molar-refractivity contribution is -0.148. The molecular formula is C8H12N2O3. The molecule has 2 saturated heterocycles. The van der Waals surface area contributed by atoms with Crippen LogP contribution in [-0.4, -0.2) is 47.1 Å². The van der Waals surface area contributed by atoms with Crippen molar-refractivity contribution < 1.29 is 14.7 Å². The summed E-state index contributed by atoms with van der Waals surface area (Å²) in [5.41, 5.74) is 0. The van der Waals surface area contributed by atoms with E-state index in [0.29, 0.717) is 6.54 Å². The Balaban J connectivity index is 2.19. The third-order valence-electron chi connectivity index (χ3n) is 2.64. The zero-order chi connectivity index (χ0) is 9.42. The summed E-state index contributed by atoms with van der Waals surface area (Å²) in [6, 6.07) is -1.00. The fourth-order valence-corrected chi connectivity index (χ4v) is 1.96. The summed E-state index contributed by atoms with van der Waals surface area (Å²) in [5, 5.41) is 11.3. The summed E-state index contributed by atoms with van der Waals surface area (Å²) in [6.45, 7) is 0.335. The van der Waals surface area contributed by atoms with Crippen LogP contribution < -0.4 is 5.32 Å². The Labute approximate surface area is 75.7 Å². The summed E-state index contributed by atoms with van der Waals surface area (Å²) in [4.78, 5) is 24.5. The van der Waals surface area contributed by atoms with Crippen molar-refractivity contribution in [3.63, 3.8) is 0 Å². The van der Waals surface area contributed by atoms with Gasteiger partial charge in [0.15, 0.2) is 0 Å². The first kappa shape index (κ1) is 8.50. The molecule has 2 aliphatic heterocycles. The fraction of sp³-hybridized carbons (Fsp3) is 0.750. The van der Waals surface area contributed by atoms with E-state index in [2.05, 4.69) is 5.32 Å². The van der Waals surface area contributed by atoms with E-state index in [9.17, 15) is 9.59 Å². The second-order valence-electron chi connectivity index (χ2n) is 3.43. The van der Waals surface area contributed by atoms with Crippen molar-refractivity contribution in [1.29, 1.82) is 0 Å². The van der Waals surface area contributed by atoms with Crippen molar-refractivity contribution in [3.8, 4) is 0 Å². The van der Waals surface area contributed by atoms with Crippen LogP contribution in [0.3, 0.4) is 0 Å². The number of hydrogen-bond acceptors (Lipinski definition) is 3. The lowest BCUT2D eigenvalue weighted by Crippen LogP contribution is -2.62. The largest absolute Gasteiger partial charge is 0.394 e. The van der Waals surface area contributed by atoms with Crippen LogP contribution in [0, 0.1) is 0 Å². The van der Waals surface area contributed by atoms with Crippen molar-refractivity contribution in [3.05, 3.63) is 0 Å². The Morgan fingerprint density at radius 1 is 1.54 bits per heavy atom. The molecule has 2 rings (SSSR count). The minimum Gasteiger partial charge on any atom is -0.394 e. The van der Waals surface area contributed by atoms with E-state index in [1.54, 1.807) is 4.90 Å². The predicted molar refractivity (Wildman–Crippen MR) is 43.8 cm³/mol. The number of fused-ring (bicyclic) bond motifs is 1. The summed E-state index contributed by atoms with van der Waals surface area (Å²) < 4.78 is 0. The molecule has 0 aromatic carbocycles. The van der Waals surface area contributed by atoms with Crippen LogP contribution in [0.1, 0.15) is 12.8 Å². The quantitative estimate of drug-likeness (QED) is 0.519. The highest BCUT2D eigenvalue weighted by atomic mass is 16.3. The maximum atomic E-state index is 11.5. The van der Waals surface area contributed by atoms with Gasteiger partial charge >= 0.3 is 0 Å². The second kappa shape index (κ2) is 2.99. The third kappa shape index (κ3) is 1.19. The maximum absolute atomic E-state index is 11.5. The lowest BCUT2D eigenvalue weighted by atomic mass is 10.1. The van der Waals surface area contributed by atoms with Crippen molar-refractivity contribution in [2.45, 2.75) is 24.9 Å². The van der Waals surface area contributed by atoms with E-state index >= 15 is 0 Å². The average molecular weight is 184 g/mol. The number of aliphatic hydroxyl groups excluding tert-OH is 1. The molecule has 0 aromatic rings. The van der Waals surface area contributed by atoms with Crippen LogP contribution in [-0.2, 0) is 9.59 Å². The topological polar surface area (TPSA) is 69.6 Å². The van der Waals surface area contributed by atoms with Crippen LogP contribution in [0.2, 0.25) is 0 Å². The minimum absolute atomic E-state index is 0.129. The van der Waals surface area contributed by atoms with Gasteiger partial charge in [-0.3, -0.25) is 9.59 Å². The summed E-state index contributed by atoms with van der Waals surface area (Å²) >= 11 is 0. The van der Waals surface area contributed by atoms with Crippen LogP contribution in [0.5, 0.6) is 0 Å². The van der Waals surface area contributed by atoms with E-state index in [1.165, 1.54) is 0 Å². The number of carbonyl (C=O) groups excluding carboxylic acids is 2. The summed E-state index contributed by atoms with van der Waals surface area (Å²) in [7, 11) is 0. The number of piperazine rings is 1. The molecule has 5 heteroatoms. The van der Waals surface area contributed by atoms with Gasteiger partial charge in [0.25, 0.3) is 0 Å². The van der Waals surface area contributed by atoms with Gasteiger partial charge in [0.05, 0.1) is 6.61 Å².